The normalized spacial score (nSPS) is 18.1. The van der Waals surface area contributed by atoms with Crippen LogP contribution in [0.5, 0.6) is 0 Å². The quantitative estimate of drug-likeness (QED) is 0.765. The molecule has 0 spiro atoms. The molecule has 2 heterocycles. The van der Waals surface area contributed by atoms with Crippen molar-refractivity contribution in [3.8, 4) is 6.07 Å². The first-order chi connectivity index (χ1) is 8.79. The van der Waals surface area contributed by atoms with Crippen LogP contribution in [0.4, 0.5) is 0 Å². The first-order valence-electron chi connectivity index (χ1n) is 6.30. The van der Waals surface area contributed by atoms with Gasteiger partial charge in [-0.15, -0.1) is 0 Å². The van der Waals surface area contributed by atoms with Gasteiger partial charge in [0.15, 0.2) is 0 Å². The second kappa shape index (κ2) is 4.30. The Morgan fingerprint density at radius 2 is 2.33 bits per heavy atom. The predicted octanol–water partition coefficient (Wildman–Crippen LogP) is 2.99. The molecule has 1 aromatic heterocycles. The molecule has 0 radical (unpaired) electrons. The Bertz CT molecular complexity index is 619. The highest BCUT2D eigenvalue weighted by Gasteiger charge is 2.23. The summed E-state index contributed by atoms with van der Waals surface area (Å²) < 4.78 is 2.24. The molecule has 3 heteroatoms. The molecule has 3 nitrogen and oxygen atoms in total. The van der Waals surface area contributed by atoms with Crippen LogP contribution in [-0.2, 0) is 6.54 Å². The van der Waals surface area contributed by atoms with Crippen LogP contribution in [0.2, 0.25) is 0 Å². The molecule has 3 rings (SSSR count). The lowest BCUT2D eigenvalue weighted by atomic mass is 9.86. The van der Waals surface area contributed by atoms with E-state index < -0.39 is 0 Å². The summed E-state index contributed by atoms with van der Waals surface area (Å²) >= 11 is 0. The van der Waals surface area contributed by atoms with Gasteiger partial charge >= 0.3 is 0 Å². The van der Waals surface area contributed by atoms with Crippen molar-refractivity contribution in [3.63, 3.8) is 0 Å². The van der Waals surface area contributed by atoms with Gasteiger partial charge in [0.2, 0.25) is 0 Å². The van der Waals surface area contributed by atoms with Crippen LogP contribution in [0.25, 0.3) is 0 Å². The van der Waals surface area contributed by atoms with Crippen LogP contribution < -0.4 is 0 Å². The third-order valence-electron chi connectivity index (χ3n) is 3.77. The number of fused-ring (bicyclic) bond motifs is 1. The predicted molar refractivity (Wildman–Crippen MR) is 69.2 cm³/mol. The van der Waals surface area contributed by atoms with Gasteiger partial charge in [-0.05, 0) is 43.0 Å². The molecular formula is C15H15N3. The van der Waals surface area contributed by atoms with E-state index in [4.69, 9.17) is 5.26 Å². The summed E-state index contributed by atoms with van der Waals surface area (Å²) in [6, 6.07) is 8.18. The summed E-state index contributed by atoms with van der Waals surface area (Å²) in [7, 11) is 0. The number of rotatable bonds is 1. The molecule has 1 aromatic carbocycles. The summed E-state index contributed by atoms with van der Waals surface area (Å²) in [5.41, 5.74) is 4.57. The second-order valence-corrected chi connectivity index (χ2v) is 4.89. The fraction of sp³-hybridized carbons (Fsp3) is 0.333. The smallest absolute Gasteiger partial charge is 0.0991 e. The fourth-order valence-corrected chi connectivity index (χ4v) is 2.87. The second-order valence-electron chi connectivity index (χ2n) is 4.89. The molecule has 1 aliphatic heterocycles. The van der Waals surface area contributed by atoms with Crippen molar-refractivity contribution >= 4 is 0 Å². The average Bonchev–Trinajstić information content (AvgIpc) is 2.87. The molecule has 0 aliphatic carbocycles. The molecule has 1 unspecified atom stereocenters. The van der Waals surface area contributed by atoms with E-state index in [1.54, 1.807) is 0 Å². The summed E-state index contributed by atoms with van der Waals surface area (Å²) in [5, 5.41) is 8.92. The number of aromatic nitrogens is 2. The maximum Gasteiger partial charge on any atom is 0.0991 e. The van der Waals surface area contributed by atoms with Crippen LogP contribution in [0.1, 0.15) is 41.1 Å². The van der Waals surface area contributed by atoms with E-state index in [1.165, 1.54) is 29.7 Å². The van der Waals surface area contributed by atoms with Crippen LogP contribution >= 0.6 is 0 Å². The van der Waals surface area contributed by atoms with Gasteiger partial charge in [-0.1, -0.05) is 6.07 Å². The third kappa shape index (κ3) is 1.70. The largest absolute Gasteiger partial charge is 0.334 e. The van der Waals surface area contributed by atoms with E-state index in [9.17, 15) is 0 Å². The SMILES string of the molecule is Cc1cc(C#N)ccc1C1CCCn2cncc21. The van der Waals surface area contributed by atoms with Crippen molar-refractivity contribution in [2.24, 2.45) is 0 Å². The van der Waals surface area contributed by atoms with Gasteiger partial charge in [0.25, 0.3) is 0 Å². The van der Waals surface area contributed by atoms with Gasteiger partial charge in [0.1, 0.15) is 0 Å². The Hall–Kier alpha value is -2.08. The first kappa shape index (κ1) is 11.0. The topological polar surface area (TPSA) is 41.6 Å². The molecule has 0 amide bonds. The Morgan fingerprint density at radius 1 is 1.44 bits per heavy atom. The Labute approximate surface area is 107 Å². The molecule has 2 aromatic rings. The molecule has 0 saturated carbocycles. The number of hydrogen-bond donors (Lipinski definition) is 0. The molecule has 90 valence electrons. The molecule has 0 bridgehead atoms. The summed E-state index contributed by atoms with van der Waals surface area (Å²) in [4.78, 5) is 4.25. The van der Waals surface area contributed by atoms with Crippen molar-refractivity contribution in [2.75, 3.05) is 0 Å². The van der Waals surface area contributed by atoms with Gasteiger partial charge in [-0.3, -0.25) is 0 Å². The van der Waals surface area contributed by atoms with Crippen molar-refractivity contribution in [3.05, 3.63) is 53.1 Å². The maximum atomic E-state index is 8.92. The number of aryl methyl sites for hydroxylation is 2. The number of nitriles is 1. The molecular weight excluding hydrogens is 222 g/mol. The van der Waals surface area contributed by atoms with Crippen LogP contribution in [0, 0.1) is 18.3 Å². The number of hydrogen-bond acceptors (Lipinski definition) is 2. The highest BCUT2D eigenvalue weighted by atomic mass is 15.1. The van der Waals surface area contributed by atoms with Gasteiger partial charge < -0.3 is 4.57 Å². The standard InChI is InChI=1S/C15H15N3/c1-11-7-12(8-16)4-5-13(11)14-3-2-6-18-10-17-9-15(14)18/h4-5,7,9-10,14H,2-3,6H2,1H3. The molecule has 0 fully saturated rings. The Morgan fingerprint density at radius 3 is 3.11 bits per heavy atom. The molecule has 0 saturated heterocycles. The van der Waals surface area contributed by atoms with Gasteiger partial charge in [0, 0.05) is 24.4 Å². The van der Waals surface area contributed by atoms with Crippen molar-refractivity contribution in [2.45, 2.75) is 32.2 Å². The van der Waals surface area contributed by atoms with Crippen molar-refractivity contribution in [1.29, 1.82) is 5.26 Å². The van der Waals surface area contributed by atoms with E-state index >= 15 is 0 Å². The van der Waals surface area contributed by atoms with Gasteiger partial charge in [-0.2, -0.15) is 5.26 Å². The molecule has 1 atom stereocenters. The van der Waals surface area contributed by atoms with Crippen molar-refractivity contribution in [1.82, 2.24) is 9.55 Å². The van der Waals surface area contributed by atoms with E-state index in [0.29, 0.717) is 5.92 Å². The Kier molecular flexibility index (Phi) is 2.64. The molecule has 1 aliphatic rings. The first-order valence-corrected chi connectivity index (χ1v) is 6.30. The van der Waals surface area contributed by atoms with Crippen LogP contribution in [0.3, 0.4) is 0 Å². The molecule has 18 heavy (non-hydrogen) atoms. The van der Waals surface area contributed by atoms with Gasteiger partial charge in [0.05, 0.1) is 18.0 Å². The minimum atomic E-state index is 0.425. The number of benzene rings is 1. The third-order valence-corrected chi connectivity index (χ3v) is 3.77. The van der Waals surface area contributed by atoms with E-state index in [0.717, 1.165) is 12.1 Å². The zero-order valence-electron chi connectivity index (χ0n) is 10.4. The minimum absolute atomic E-state index is 0.425. The molecule has 0 N–H and O–H groups in total. The zero-order valence-corrected chi connectivity index (χ0v) is 10.4. The fourth-order valence-electron chi connectivity index (χ4n) is 2.87. The van der Waals surface area contributed by atoms with Crippen molar-refractivity contribution < 1.29 is 0 Å². The summed E-state index contributed by atoms with van der Waals surface area (Å²) in [6.45, 7) is 3.16. The Balaban J connectivity index is 2.05. The van der Waals surface area contributed by atoms with Gasteiger partial charge in [-0.25, -0.2) is 4.98 Å². The lowest BCUT2D eigenvalue weighted by molar-refractivity contribution is 0.490. The number of imidazole rings is 1. The van der Waals surface area contributed by atoms with Crippen LogP contribution in [0.15, 0.2) is 30.7 Å². The minimum Gasteiger partial charge on any atom is -0.334 e. The summed E-state index contributed by atoms with van der Waals surface area (Å²) in [5.74, 6) is 0.425. The lowest BCUT2D eigenvalue weighted by Gasteiger charge is -2.25. The average molecular weight is 237 g/mol. The highest BCUT2D eigenvalue weighted by molar-refractivity contribution is 5.41. The monoisotopic (exact) mass is 237 g/mol. The van der Waals surface area contributed by atoms with Crippen LogP contribution in [-0.4, -0.2) is 9.55 Å². The number of nitrogens with zero attached hydrogens (tertiary/aromatic N) is 3. The van der Waals surface area contributed by atoms with E-state index in [2.05, 4.69) is 28.6 Å². The zero-order chi connectivity index (χ0) is 12.5. The highest BCUT2D eigenvalue weighted by Crippen LogP contribution is 2.34. The maximum absolute atomic E-state index is 8.92. The lowest BCUT2D eigenvalue weighted by Crippen LogP contribution is -2.16. The van der Waals surface area contributed by atoms with E-state index in [1.807, 2.05) is 24.7 Å². The van der Waals surface area contributed by atoms with E-state index in [-0.39, 0.29) is 0 Å². The summed E-state index contributed by atoms with van der Waals surface area (Å²) in [6.07, 6.45) is 6.24.